The summed E-state index contributed by atoms with van der Waals surface area (Å²) in [5.74, 6) is -0.570. The first kappa shape index (κ1) is 17.9. The molecule has 0 saturated heterocycles. The first-order chi connectivity index (χ1) is 13.4. The summed E-state index contributed by atoms with van der Waals surface area (Å²) in [6, 6.07) is 14.0. The van der Waals surface area contributed by atoms with Crippen molar-refractivity contribution < 1.29 is 17.9 Å². The number of benzene rings is 2. The quantitative estimate of drug-likeness (QED) is 0.566. The van der Waals surface area contributed by atoms with Crippen LogP contribution in [0, 0.1) is 6.92 Å². The number of nitrogens with one attached hydrogen (secondary N) is 1. The van der Waals surface area contributed by atoms with E-state index in [-0.39, 0.29) is 18.0 Å². The predicted octanol–water partition coefficient (Wildman–Crippen LogP) is 4.32. The number of fused-ring (bicyclic) bond motifs is 1. The van der Waals surface area contributed by atoms with Gasteiger partial charge in [-0.1, -0.05) is 42.0 Å². The van der Waals surface area contributed by atoms with E-state index in [0.717, 1.165) is 11.1 Å². The Morgan fingerprint density at radius 1 is 0.964 bits per heavy atom. The van der Waals surface area contributed by atoms with Gasteiger partial charge in [0.1, 0.15) is 6.61 Å². The third-order valence-corrected chi connectivity index (χ3v) is 4.01. The molecule has 0 spiro atoms. The van der Waals surface area contributed by atoms with Gasteiger partial charge in [0.05, 0.1) is 10.9 Å². The SMILES string of the molecule is Cc1ccc(-c2n[nH]c(COc3nc(C(F)(F)F)nc4ccccc34)n2)cc1. The zero-order valence-corrected chi connectivity index (χ0v) is 14.7. The van der Waals surface area contributed by atoms with Crippen LogP contribution in [-0.2, 0) is 12.8 Å². The first-order valence-corrected chi connectivity index (χ1v) is 8.35. The fourth-order valence-electron chi connectivity index (χ4n) is 2.61. The molecule has 4 rings (SSSR count). The third kappa shape index (κ3) is 3.64. The molecular weight excluding hydrogens is 371 g/mol. The molecule has 0 radical (unpaired) electrons. The lowest BCUT2D eigenvalue weighted by Crippen LogP contribution is -2.12. The van der Waals surface area contributed by atoms with E-state index in [0.29, 0.717) is 17.0 Å². The number of rotatable bonds is 4. The summed E-state index contributed by atoms with van der Waals surface area (Å²) in [7, 11) is 0. The van der Waals surface area contributed by atoms with Gasteiger partial charge < -0.3 is 4.74 Å². The molecule has 1 N–H and O–H groups in total. The lowest BCUT2D eigenvalue weighted by Gasteiger charge is -2.10. The second-order valence-electron chi connectivity index (χ2n) is 6.13. The number of aryl methyl sites for hydroxylation is 1. The second-order valence-corrected chi connectivity index (χ2v) is 6.13. The smallest absolute Gasteiger partial charge is 0.451 e. The highest BCUT2D eigenvalue weighted by molar-refractivity contribution is 5.83. The fourth-order valence-corrected chi connectivity index (χ4v) is 2.61. The Kier molecular flexibility index (Phi) is 4.42. The molecule has 0 aliphatic rings. The Bertz CT molecular complexity index is 1120. The van der Waals surface area contributed by atoms with Gasteiger partial charge >= 0.3 is 6.18 Å². The summed E-state index contributed by atoms with van der Waals surface area (Å²) in [6.45, 7) is 1.86. The minimum absolute atomic E-state index is 0.114. The summed E-state index contributed by atoms with van der Waals surface area (Å²) in [6.07, 6.45) is -4.67. The fraction of sp³-hybridized carbons (Fsp3) is 0.158. The largest absolute Gasteiger partial charge is 0.469 e. The molecule has 0 aliphatic carbocycles. The lowest BCUT2D eigenvalue weighted by molar-refractivity contribution is -0.145. The van der Waals surface area contributed by atoms with Crippen molar-refractivity contribution in [2.75, 3.05) is 0 Å². The number of hydrogen-bond donors (Lipinski definition) is 1. The van der Waals surface area contributed by atoms with Crippen LogP contribution in [0.4, 0.5) is 13.2 Å². The van der Waals surface area contributed by atoms with Crippen LogP contribution in [0.25, 0.3) is 22.3 Å². The number of H-pyrrole nitrogens is 1. The van der Waals surface area contributed by atoms with Gasteiger partial charge in [-0.25, -0.2) is 9.97 Å². The number of nitrogens with zero attached hydrogens (tertiary/aromatic N) is 4. The molecule has 0 atom stereocenters. The van der Waals surface area contributed by atoms with E-state index >= 15 is 0 Å². The number of halogens is 3. The molecule has 0 amide bonds. The summed E-state index contributed by atoms with van der Waals surface area (Å²) in [5, 5.41) is 7.23. The Morgan fingerprint density at radius 3 is 2.46 bits per heavy atom. The summed E-state index contributed by atoms with van der Waals surface area (Å²) in [4.78, 5) is 11.4. The Morgan fingerprint density at radius 2 is 1.71 bits per heavy atom. The van der Waals surface area contributed by atoms with Crippen molar-refractivity contribution in [1.82, 2.24) is 25.1 Å². The molecule has 4 aromatic rings. The van der Waals surface area contributed by atoms with Crippen LogP contribution in [0.2, 0.25) is 0 Å². The molecule has 2 aromatic carbocycles. The first-order valence-electron chi connectivity index (χ1n) is 8.35. The van der Waals surface area contributed by atoms with Crippen LogP contribution in [0.3, 0.4) is 0 Å². The van der Waals surface area contributed by atoms with Crippen LogP contribution >= 0.6 is 0 Å². The minimum Gasteiger partial charge on any atom is -0.469 e. The van der Waals surface area contributed by atoms with Crippen molar-refractivity contribution in [3.05, 3.63) is 65.7 Å². The van der Waals surface area contributed by atoms with E-state index in [1.807, 2.05) is 31.2 Å². The lowest BCUT2D eigenvalue weighted by atomic mass is 10.1. The molecule has 2 aromatic heterocycles. The molecule has 6 nitrogen and oxygen atoms in total. The monoisotopic (exact) mass is 385 g/mol. The van der Waals surface area contributed by atoms with Gasteiger partial charge in [0.2, 0.25) is 11.7 Å². The summed E-state index contributed by atoms with van der Waals surface area (Å²) >= 11 is 0. The maximum absolute atomic E-state index is 13.1. The van der Waals surface area contributed by atoms with Gasteiger partial charge in [0.15, 0.2) is 11.6 Å². The Labute approximate surface area is 157 Å². The standard InChI is InChI=1S/C19H14F3N5O/c1-11-6-8-12(9-7-11)16-24-15(26-27-16)10-28-17-13-4-2-3-5-14(13)23-18(25-17)19(20,21)22/h2-9H,10H2,1H3,(H,24,26,27). The van der Waals surface area contributed by atoms with Crippen molar-refractivity contribution in [2.24, 2.45) is 0 Å². The highest BCUT2D eigenvalue weighted by atomic mass is 19.4. The summed E-state index contributed by atoms with van der Waals surface area (Å²) in [5.41, 5.74) is 2.08. The Balaban J connectivity index is 1.60. The average molecular weight is 385 g/mol. The van der Waals surface area contributed by atoms with E-state index < -0.39 is 12.0 Å². The van der Waals surface area contributed by atoms with Gasteiger partial charge in [0, 0.05) is 5.56 Å². The van der Waals surface area contributed by atoms with E-state index in [2.05, 4.69) is 25.1 Å². The highest BCUT2D eigenvalue weighted by Crippen LogP contribution is 2.31. The van der Waals surface area contributed by atoms with Crippen molar-refractivity contribution in [3.8, 4) is 17.3 Å². The number of para-hydroxylation sites is 1. The zero-order valence-electron chi connectivity index (χ0n) is 14.7. The number of aromatic amines is 1. The molecule has 0 saturated carbocycles. The summed E-state index contributed by atoms with van der Waals surface area (Å²) < 4.78 is 44.7. The molecule has 142 valence electrons. The second kappa shape index (κ2) is 6.91. The molecular formula is C19H14F3N5O. The van der Waals surface area contributed by atoms with Crippen LogP contribution in [0.5, 0.6) is 5.88 Å². The van der Waals surface area contributed by atoms with Crippen molar-refractivity contribution >= 4 is 10.9 Å². The number of alkyl halides is 3. The van der Waals surface area contributed by atoms with Crippen molar-refractivity contribution in [2.45, 2.75) is 19.7 Å². The highest BCUT2D eigenvalue weighted by Gasteiger charge is 2.35. The minimum atomic E-state index is -4.67. The van der Waals surface area contributed by atoms with Crippen LogP contribution < -0.4 is 4.74 Å². The van der Waals surface area contributed by atoms with Crippen LogP contribution in [0.15, 0.2) is 48.5 Å². The number of ether oxygens (including phenoxy) is 1. The molecule has 0 unspecified atom stereocenters. The van der Waals surface area contributed by atoms with E-state index in [1.165, 1.54) is 6.07 Å². The Hall–Kier alpha value is -3.49. The van der Waals surface area contributed by atoms with Crippen molar-refractivity contribution in [3.63, 3.8) is 0 Å². The van der Waals surface area contributed by atoms with Gasteiger partial charge in [-0.05, 0) is 19.1 Å². The van der Waals surface area contributed by atoms with E-state index in [9.17, 15) is 13.2 Å². The normalized spacial score (nSPS) is 11.7. The molecule has 2 heterocycles. The number of hydrogen-bond acceptors (Lipinski definition) is 5. The van der Waals surface area contributed by atoms with Gasteiger partial charge in [0.25, 0.3) is 0 Å². The number of aromatic nitrogens is 5. The molecule has 0 fully saturated rings. The maximum Gasteiger partial charge on any atom is 0.451 e. The van der Waals surface area contributed by atoms with Crippen LogP contribution in [-0.4, -0.2) is 25.1 Å². The molecule has 9 heteroatoms. The van der Waals surface area contributed by atoms with Crippen molar-refractivity contribution in [1.29, 1.82) is 0 Å². The molecule has 0 bridgehead atoms. The van der Waals surface area contributed by atoms with E-state index in [4.69, 9.17) is 4.74 Å². The topological polar surface area (TPSA) is 76.6 Å². The van der Waals surface area contributed by atoms with E-state index in [1.54, 1.807) is 18.2 Å². The molecule has 0 aliphatic heterocycles. The molecule has 28 heavy (non-hydrogen) atoms. The van der Waals surface area contributed by atoms with Gasteiger partial charge in [-0.2, -0.15) is 23.3 Å². The van der Waals surface area contributed by atoms with Gasteiger partial charge in [-0.15, -0.1) is 0 Å². The zero-order chi connectivity index (χ0) is 19.7. The predicted molar refractivity (Wildman–Crippen MR) is 95.4 cm³/mol. The third-order valence-electron chi connectivity index (χ3n) is 4.01. The van der Waals surface area contributed by atoms with Gasteiger partial charge in [-0.3, -0.25) is 5.10 Å². The average Bonchev–Trinajstić information content (AvgIpc) is 3.15. The van der Waals surface area contributed by atoms with Crippen LogP contribution in [0.1, 0.15) is 17.2 Å². The maximum atomic E-state index is 13.1.